The normalized spacial score (nSPS) is 13.7. The van der Waals surface area contributed by atoms with Crippen molar-refractivity contribution in [2.45, 2.75) is 51.7 Å². The minimum Gasteiger partial charge on any atom is -0.459 e. The number of hydrogen-bond donors (Lipinski definition) is 0. The molecule has 1 fully saturated rings. The fourth-order valence-electron chi connectivity index (χ4n) is 3.63. The Kier molecular flexibility index (Phi) is 5.30. The van der Waals surface area contributed by atoms with Crippen LogP contribution in [-0.2, 0) is 29.0 Å². The number of rotatable bonds is 7. The lowest BCUT2D eigenvalue weighted by molar-refractivity contribution is -0.145. The van der Waals surface area contributed by atoms with E-state index in [4.69, 9.17) is 4.74 Å². The lowest BCUT2D eigenvalue weighted by Crippen LogP contribution is -2.25. The van der Waals surface area contributed by atoms with Crippen molar-refractivity contribution in [3.63, 3.8) is 0 Å². The zero-order chi connectivity index (χ0) is 22.2. The standard InChI is InChI=1S/C22H21N5O4S/c1-2-18-25-27-19(28)11-13(23-22(27)32-18)12-31-20(29)10-9-17-24-16-6-4-3-5-15(16)21(30)26(17)14-7-8-14/h3-6,11,14H,2,7-10,12H2,1H3. The highest BCUT2D eigenvalue weighted by molar-refractivity contribution is 7.16. The maximum atomic E-state index is 12.9. The number of nitrogens with zero attached hydrogens (tertiary/aromatic N) is 5. The molecule has 1 saturated carbocycles. The highest BCUT2D eigenvalue weighted by Crippen LogP contribution is 2.34. The molecule has 4 aromatic rings. The summed E-state index contributed by atoms with van der Waals surface area (Å²) in [5.41, 5.74) is 0.654. The Bertz CT molecular complexity index is 1450. The van der Waals surface area contributed by atoms with Crippen molar-refractivity contribution in [2.75, 3.05) is 0 Å². The van der Waals surface area contributed by atoms with Crippen LogP contribution in [0.2, 0.25) is 0 Å². The summed E-state index contributed by atoms with van der Waals surface area (Å²) < 4.78 is 8.32. The number of ether oxygens (including phenoxy) is 1. The van der Waals surface area contributed by atoms with Crippen LogP contribution in [0.4, 0.5) is 0 Å². The van der Waals surface area contributed by atoms with Crippen LogP contribution in [0.3, 0.4) is 0 Å². The van der Waals surface area contributed by atoms with Crippen LogP contribution in [0, 0.1) is 0 Å². The Morgan fingerprint density at radius 3 is 2.81 bits per heavy atom. The van der Waals surface area contributed by atoms with E-state index in [0.29, 0.717) is 40.2 Å². The maximum Gasteiger partial charge on any atom is 0.306 e. The Balaban J connectivity index is 1.29. The Morgan fingerprint density at radius 2 is 2.03 bits per heavy atom. The van der Waals surface area contributed by atoms with E-state index in [9.17, 15) is 14.4 Å². The molecule has 5 rings (SSSR count). The highest BCUT2D eigenvalue weighted by Gasteiger charge is 2.28. The molecule has 164 valence electrons. The minimum absolute atomic E-state index is 0.0598. The van der Waals surface area contributed by atoms with Gasteiger partial charge in [-0.2, -0.15) is 9.61 Å². The molecular weight excluding hydrogens is 430 g/mol. The predicted octanol–water partition coefficient (Wildman–Crippen LogP) is 2.43. The summed E-state index contributed by atoms with van der Waals surface area (Å²) >= 11 is 1.34. The van der Waals surface area contributed by atoms with Crippen LogP contribution >= 0.6 is 11.3 Å². The first kappa shape index (κ1) is 20.5. The SMILES string of the molecule is CCc1nn2c(=O)cc(COC(=O)CCc3nc4ccccc4c(=O)n3C3CC3)nc2s1. The first-order valence-electron chi connectivity index (χ1n) is 10.6. The number of aryl methyl sites for hydroxylation is 2. The van der Waals surface area contributed by atoms with E-state index >= 15 is 0 Å². The fraction of sp³-hybridized carbons (Fsp3) is 0.364. The molecule has 3 aromatic heterocycles. The van der Waals surface area contributed by atoms with Crippen LogP contribution in [0.1, 0.15) is 48.8 Å². The molecule has 1 aromatic carbocycles. The number of fused-ring (bicyclic) bond motifs is 2. The van der Waals surface area contributed by atoms with Crippen LogP contribution in [0.25, 0.3) is 15.9 Å². The summed E-state index contributed by atoms with van der Waals surface area (Å²) in [5.74, 6) is 0.165. The quantitative estimate of drug-likeness (QED) is 0.397. The lowest BCUT2D eigenvalue weighted by Gasteiger charge is -2.12. The van der Waals surface area contributed by atoms with Gasteiger partial charge in [-0.25, -0.2) is 9.97 Å². The number of carbonyl (C=O) groups is 1. The van der Waals surface area contributed by atoms with Crippen LogP contribution in [0.5, 0.6) is 0 Å². The molecule has 9 nitrogen and oxygen atoms in total. The summed E-state index contributed by atoms with van der Waals surface area (Å²) in [6.45, 7) is 1.86. The molecule has 10 heteroatoms. The zero-order valence-electron chi connectivity index (χ0n) is 17.5. The third-order valence-corrected chi connectivity index (χ3v) is 6.42. The molecule has 0 aliphatic heterocycles. The smallest absolute Gasteiger partial charge is 0.306 e. The summed E-state index contributed by atoms with van der Waals surface area (Å²) in [6.07, 6.45) is 2.99. The fourth-order valence-corrected chi connectivity index (χ4v) is 4.49. The van der Waals surface area contributed by atoms with E-state index in [-0.39, 0.29) is 30.2 Å². The molecule has 0 amide bonds. The van der Waals surface area contributed by atoms with Gasteiger partial charge in [0.1, 0.15) is 17.4 Å². The van der Waals surface area contributed by atoms with E-state index in [1.54, 1.807) is 16.7 Å². The number of para-hydroxylation sites is 1. The first-order chi connectivity index (χ1) is 15.5. The highest BCUT2D eigenvalue weighted by atomic mass is 32.1. The van der Waals surface area contributed by atoms with Gasteiger partial charge in [-0.3, -0.25) is 19.0 Å². The molecule has 1 aliphatic carbocycles. The zero-order valence-corrected chi connectivity index (χ0v) is 18.3. The summed E-state index contributed by atoms with van der Waals surface area (Å²) in [4.78, 5) is 47.0. The second-order valence-electron chi connectivity index (χ2n) is 7.74. The van der Waals surface area contributed by atoms with Crippen LogP contribution in [-0.4, -0.2) is 30.1 Å². The monoisotopic (exact) mass is 451 g/mol. The van der Waals surface area contributed by atoms with Crippen molar-refractivity contribution in [2.24, 2.45) is 0 Å². The third-order valence-electron chi connectivity index (χ3n) is 5.37. The molecule has 0 saturated heterocycles. The number of esters is 1. The van der Waals surface area contributed by atoms with E-state index in [1.807, 2.05) is 19.1 Å². The molecule has 0 bridgehead atoms. The molecule has 32 heavy (non-hydrogen) atoms. The van der Waals surface area contributed by atoms with Crippen molar-refractivity contribution in [1.82, 2.24) is 24.1 Å². The van der Waals surface area contributed by atoms with Gasteiger partial charge in [-0.1, -0.05) is 30.4 Å². The van der Waals surface area contributed by atoms with Crippen molar-refractivity contribution in [3.05, 3.63) is 67.6 Å². The van der Waals surface area contributed by atoms with Crippen LogP contribution in [0.15, 0.2) is 39.9 Å². The Hall–Kier alpha value is -3.40. The number of hydrogen-bond acceptors (Lipinski definition) is 8. The number of benzene rings is 1. The van der Waals surface area contributed by atoms with Gasteiger partial charge in [0, 0.05) is 18.5 Å². The van der Waals surface area contributed by atoms with E-state index < -0.39 is 5.97 Å². The molecule has 3 heterocycles. The Morgan fingerprint density at radius 1 is 1.22 bits per heavy atom. The van der Waals surface area contributed by atoms with Gasteiger partial charge in [0.15, 0.2) is 0 Å². The second-order valence-corrected chi connectivity index (χ2v) is 8.78. The van der Waals surface area contributed by atoms with E-state index in [0.717, 1.165) is 17.8 Å². The van der Waals surface area contributed by atoms with Gasteiger partial charge in [-0.15, -0.1) is 0 Å². The molecule has 0 unspecified atom stereocenters. The van der Waals surface area contributed by atoms with Gasteiger partial charge in [-0.05, 0) is 31.4 Å². The van der Waals surface area contributed by atoms with Gasteiger partial charge in [0.05, 0.1) is 23.0 Å². The largest absolute Gasteiger partial charge is 0.459 e. The van der Waals surface area contributed by atoms with Gasteiger partial charge >= 0.3 is 5.97 Å². The molecule has 0 N–H and O–H groups in total. The van der Waals surface area contributed by atoms with Crippen molar-refractivity contribution in [1.29, 1.82) is 0 Å². The van der Waals surface area contributed by atoms with Gasteiger partial charge in [0.2, 0.25) is 4.96 Å². The average Bonchev–Trinajstić information content (AvgIpc) is 3.54. The molecule has 0 radical (unpaired) electrons. The summed E-state index contributed by atoms with van der Waals surface area (Å²) in [7, 11) is 0. The van der Waals surface area contributed by atoms with Gasteiger partial charge < -0.3 is 4.74 Å². The molecule has 0 spiro atoms. The average molecular weight is 452 g/mol. The molecule has 0 atom stereocenters. The first-order valence-corrected chi connectivity index (χ1v) is 11.4. The minimum atomic E-state index is -0.435. The van der Waals surface area contributed by atoms with Crippen LogP contribution < -0.4 is 11.1 Å². The Labute approximate surface area is 186 Å². The van der Waals surface area contributed by atoms with Gasteiger partial charge in [0.25, 0.3) is 11.1 Å². The van der Waals surface area contributed by atoms with E-state index in [2.05, 4.69) is 15.1 Å². The van der Waals surface area contributed by atoms with Crippen molar-refractivity contribution < 1.29 is 9.53 Å². The van der Waals surface area contributed by atoms with Crippen molar-refractivity contribution >= 4 is 33.2 Å². The maximum absolute atomic E-state index is 12.9. The van der Waals surface area contributed by atoms with E-state index in [1.165, 1.54) is 21.9 Å². The lowest BCUT2D eigenvalue weighted by atomic mass is 10.2. The summed E-state index contributed by atoms with van der Waals surface area (Å²) in [6, 6.07) is 8.73. The number of aromatic nitrogens is 5. The molecule has 1 aliphatic rings. The predicted molar refractivity (Wildman–Crippen MR) is 119 cm³/mol. The third kappa shape index (κ3) is 3.93. The summed E-state index contributed by atoms with van der Waals surface area (Å²) in [5, 5.41) is 5.61. The molecular formula is C22H21N5O4S. The second kappa shape index (κ2) is 8.27. The number of carbonyl (C=O) groups excluding carboxylic acids is 1. The topological polar surface area (TPSA) is 108 Å². The van der Waals surface area contributed by atoms with Crippen molar-refractivity contribution in [3.8, 4) is 0 Å².